The monoisotopic (exact) mass is 470 g/mol. The van der Waals surface area contributed by atoms with Gasteiger partial charge in [0.2, 0.25) is 0 Å². The number of amides is 4. The quantitative estimate of drug-likeness (QED) is 0.267. The standard InChI is InChI=1S/C22H13F3N4O5/c23-22(24,25)13-3-1-4-17(11-13)28-20(31)18(19(30)26-21(28)32)12-16-5-2-10-27(16)14-6-8-15(9-7-14)29(33)34/h1-12H,(H,26,30,32)/b18-12-. The molecule has 9 nitrogen and oxygen atoms in total. The number of nitrogens with one attached hydrogen (secondary N) is 1. The zero-order valence-electron chi connectivity index (χ0n) is 16.9. The van der Waals surface area contributed by atoms with Crippen molar-refractivity contribution in [3.05, 3.63) is 93.8 Å². The number of carbonyl (C=O) groups excluding carboxylic acids is 3. The van der Waals surface area contributed by atoms with Gasteiger partial charge in [0, 0.05) is 29.7 Å². The molecule has 0 spiro atoms. The fourth-order valence-electron chi connectivity index (χ4n) is 3.34. The Bertz CT molecular complexity index is 1360. The van der Waals surface area contributed by atoms with Crippen LogP contribution in [0.5, 0.6) is 0 Å². The van der Waals surface area contributed by atoms with Crippen LogP contribution in [0.2, 0.25) is 0 Å². The number of alkyl halides is 3. The number of aromatic nitrogens is 1. The highest BCUT2D eigenvalue weighted by Gasteiger charge is 2.38. The van der Waals surface area contributed by atoms with E-state index < -0.39 is 40.1 Å². The summed E-state index contributed by atoms with van der Waals surface area (Å²) < 4.78 is 40.8. The van der Waals surface area contributed by atoms with E-state index in [9.17, 15) is 37.7 Å². The summed E-state index contributed by atoms with van der Waals surface area (Å²) in [6.07, 6.45) is -1.95. The molecule has 34 heavy (non-hydrogen) atoms. The van der Waals surface area contributed by atoms with Crippen LogP contribution in [0, 0.1) is 10.1 Å². The predicted octanol–water partition coefficient (Wildman–Crippen LogP) is 4.07. The highest BCUT2D eigenvalue weighted by molar-refractivity contribution is 6.39. The van der Waals surface area contributed by atoms with Crippen LogP contribution in [0.15, 0.2) is 72.4 Å². The predicted molar refractivity (Wildman–Crippen MR) is 113 cm³/mol. The number of hydrogen-bond donors (Lipinski definition) is 1. The number of non-ortho nitro benzene ring substituents is 1. The molecule has 1 fully saturated rings. The number of halogens is 3. The Morgan fingerprint density at radius 1 is 0.941 bits per heavy atom. The van der Waals surface area contributed by atoms with Crippen molar-refractivity contribution in [1.29, 1.82) is 0 Å². The molecule has 0 radical (unpaired) electrons. The lowest BCUT2D eigenvalue weighted by molar-refractivity contribution is -0.384. The van der Waals surface area contributed by atoms with Crippen LogP contribution in [-0.4, -0.2) is 27.3 Å². The number of nitrogens with zero attached hydrogens (tertiary/aromatic N) is 3. The Balaban J connectivity index is 1.72. The lowest BCUT2D eigenvalue weighted by Gasteiger charge is -2.27. The van der Waals surface area contributed by atoms with Gasteiger partial charge in [-0.2, -0.15) is 13.2 Å². The highest BCUT2D eigenvalue weighted by atomic mass is 19.4. The van der Waals surface area contributed by atoms with Crippen LogP contribution >= 0.6 is 0 Å². The molecule has 1 aliphatic rings. The van der Waals surface area contributed by atoms with Gasteiger partial charge in [0.1, 0.15) is 5.57 Å². The number of nitro groups is 1. The summed E-state index contributed by atoms with van der Waals surface area (Å²) in [4.78, 5) is 48.5. The van der Waals surface area contributed by atoms with Crippen molar-refractivity contribution in [2.75, 3.05) is 4.90 Å². The van der Waals surface area contributed by atoms with E-state index in [-0.39, 0.29) is 11.4 Å². The van der Waals surface area contributed by atoms with Gasteiger partial charge in [-0.25, -0.2) is 9.69 Å². The number of hydrogen-bond acceptors (Lipinski definition) is 5. The average molecular weight is 470 g/mol. The van der Waals surface area contributed by atoms with Gasteiger partial charge in [0.05, 0.1) is 16.2 Å². The molecule has 1 N–H and O–H groups in total. The number of imide groups is 2. The van der Waals surface area contributed by atoms with Crippen LogP contribution < -0.4 is 10.2 Å². The van der Waals surface area contributed by atoms with Crippen molar-refractivity contribution < 1.29 is 32.5 Å². The maximum absolute atomic E-state index is 13.1. The molecular weight excluding hydrogens is 457 g/mol. The van der Waals surface area contributed by atoms with E-state index in [0.717, 1.165) is 18.2 Å². The number of carbonyl (C=O) groups is 3. The van der Waals surface area contributed by atoms with Gasteiger partial charge in [-0.1, -0.05) is 6.07 Å². The van der Waals surface area contributed by atoms with Crippen LogP contribution in [0.25, 0.3) is 11.8 Å². The third-order valence-electron chi connectivity index (χ3n) is 4.94. The number of benzene rings is 2. The maximum atomic E-state index is 13.1. The molecule has 4 rings (SSSR count). The van der Waals surface area contributed by atoms with E-state index in [1.165, 1.54) is 34.9 Å². The molecule has 0 aliphatic carbocycles. The Labute approximate surface area is 188 Å². The summed E-state index contributed by atoms with van der Waals surface area (Å²) in [6, 6.07) is 11.0. The maximum Gasteiger partial charge on any atom is 0.416 e. The topological polar surface area (TPSA) is 115 Å². The molecule has 0 unspecified atom stereocenters. The van der Waals surface area contributed by atoms with Gasteiger partial charge >= 0.3 is 12.2 Å². The fourth-order valence-corrected chi connectivity index (χ4v) is 3.34. The minimum absolute atomic E-state index is 0.132. The van der Waals surface area contributed by atoms with Crippen molar-refractivity contribution in [3.8, 4) is 5.69 Å². The number of barbiturate groups is 1. The molecule has 0 atom stereocenters. The number of nitro benzene ring substituents is 1. The zero-order valence-corrected chi connectivity index (χ0v) is 16.9. The van der Waals surface area contributed by atoms with E-state index in [1.54, 1.807) is 18.3 Å². The lowest BCUT2D eigenvalue weighted by atomic mass is 10.1. The van der Waals surface area contributed by atoms with E-state index in [1.807, 2.05) is 5.32 Å². The number of anilines is 1. The van der Waals surface area contributed by atoms with Crippen LogP contribution in [0.4, 0.5) is 29.3 Å². The molecule has 0 bridgehead atoms. The summed E-state index contributed by atoms with van der Waals surface area (Å²) in [5.41, 5.74) is -1.25. The average Bonchev–Trinajstić information content (AvgIpc) is 3.24. The largest absolute Gasteiger partial charge is 0.416 e. The van der Waals surface area contributed by atoms with Gasteiger partial charge < -0.3 is 4.57 Å². The van der Waals surface area contributed by atoms with Crippen molar-refractivity contribution in [3.63, 3.8) is 0 Å². The van der Waals surface area contributed by atoms with Crippen molar-refractivity contribution in [1.82, 2.24) is 9.88 Å². The normalized spacial score (nSPS) is 15.6. The molecule has 1 aliphatic heterocycles. The van der Waals surface area contributed by atoms with Gasteiger partial charge in [-0.05, 0) is 48.5 Å². The molecule has 2 heterocycles. The number of rotatable bonds is 4. The SMILES string of the molecule is O=C1NC(=O)N(c2cccc(C(F)(F)F)c2)C(=O)/C1=C\c1cccn1-c1ccc([N+](=O)[O-])cc1. The van der Waals surface area contributed by atoms with Crippen molar-refractivity contribution in [2.45, 2.75) is 6.18 Å². The minimum atomic E-state index is -4.70. The van der Waals surface area contributed by atoms with E-state index in [4.69, 9.17) is 0 Å². The van der Waals surface area contributed by atoms with E-state index in [2.05, 4.69) is 0 Å². The molecule has 172 valence electrons. The molecule has 12 heteroatoms. The summed E-state index contributed by atoms with van der Waals surface area (Å²) >= 11 is 0. The van der Waals surface area contributed by atoms with Crippen LogP contribution in [0.1, 0.15) is 11.3 Å². The third kappa shape index (κ3) is 4.16. The van der Waals surface area contributed by atoms with Gasteiger partial charge in [0.25, 0.3) is 17.5 Å². The molecular formula is C22H13F3N4O5. The zero-order chi connectivity index (χ0) is 24.6. The fraction of sp³-hybridized carbons (Fsp3) is 0.0455. The first-order valence-corrected chi connectivity index (χ1v) is 9.57. The minimum Gasteiger partial charge on any atom is -0.317 e. The molecule has 4 amide bonds. The van der Waals surface area contributed by atoms with Gasteiger partial charge in [-0.15, -0.1) is 0 Å². The first-order valence-electron chi connectivity index (χ1n) is 9.57. The molecule has 0 saturated carbocycles. The highest BCUT2D eigenvalue weighted by Crippen LogP contribution is 2.32. The Morgan fingerprint density at radius 3 is 2.29 bits per heavy atom. The van der Waals surface area contributed by atoms with E-state index >= 15 is 0 Å². The molecule has 1 aromatic heterocycles. The van der Waals surface area contributed by atoms with Gasteiger partial charge in [-0.3, -0.25) is 25.0 Å². The first kappa shape index (κ1) is 22.5. The third-order valence-corrected chi connectivity index (χ3v) is 4.94. The first-order chi connectivity index (χ1) is 16.1. The molecule has 3 aromatic rings. The Kier molecular flexibility index (Phi) is 5.49. The summed E-state index contributed by atoms with van der Waals surface area (Å²) in [5.74, 6) is -2.13. The molecule has 2 aromatic carbocycles. The van der Waals surface area contributed by atoms with Crippen molar-refractivity contribution in [2.24, 2.45) is 0 Å². The molecule has 1 saturated heterocycles. The second-order valence-corrected chi connectivity index (χ2v) is 7.08. The second-order valence-electron chi connectivity index (χ2n) is 7.08. The Hall–Kier alpha value is -4.74. The van der Waals surface area contributed by atoms with Crippen LogP contribution in [-0.2, 0) is 15.8 Å². The lowest BCUT2D eigenvalue weighted by Crippen LogP contribution is -2.54. The Morgan fingerprint density at radius 2 is 1.65 bits per heavy atom. The van der Waals surface area contributed by atoms with Crippen molar-refractivity contribution >= 4 is 35.3 Å². The summed E-state index contributed by atoms with van der Waals surface area (Å²) in [6.45, 7) is 0. The smallest absolute Gasteiger partial charge is 0.317 e. The summed E-state index contributed by atoms with van der Waals surface area (Å²) in [5, 5.41) is 12.8. The second kappa shape index (κ2) is 8.31. The van der Waals surface area contributed by atoms with Crippen LogP contribution in [0.3, 0.4) is 0 Å². The summed E-state index contributed by atoms with van der Waals surface area (Å²) in [7, 11) is 0. The van der Waals surface area contributed by atoms with Gasteiger partial charge in [0.15, 0.2) is 0 Å². The number of urea groups is 1. The van der Waals surface area contributed by atoms with E-state index in [0.29, 0.717) is 22.3 Å².